The van der Waals surface area contributed by atoms with Gasteiger partial charge >= 0.3 is 5.69 Å². The van der Waals surface area contributed by atoms with Crippen LogP contribution in [0.25, 0.3) is 17.2 Å². The molecule has 0 aliphatic carbocycles. The van der Waals surface area contributed by atoms with Crippen LogP contribution < -0.4 is 16.1 Å². The van der Waals surface area contributed by atoms with Gasteiger partial charge in [0.25, 0.3) is 5.56 Å². The van der Waals surface area contributed by atoms with Crippen molar-refractivity contribution in [1.82, 2.24) is 24.5 Å². The molecule has 5 rings (SSSR count). The molecule has 0 radical (unpaired) electrons. The minimum absolute atomic E-state index is 0.0331. The monoisotopic (exact) mass is 444 g/mol. The highest BCUT2D eigenvalue weighted by molar-refractivity contribution is 5.95. The first kappa shape index (κ1) is 20.6. The summed E-state index contributed by atoms with van der Waals surface area (Å²) in [7, 11) is 1.36. The molecule has 1 aliphatic rings. The Kier molecular flexibility index (Phi) is 5.17. The van der Waals surface area contributed by atoms with Gasteiger partial charge in [0, 0.05) is 32.1 Å². The lowest BCUT2D eigenvalue weighted by Crippen LogP contribution is -2.40. The molecule has 0 bridgehead atoms. The maximum atomic E-state index is 12.7. The van der Waals surface area contributed by atoms with Crippen LogP contribution >= 0.6 is 0 Å². The number of anilines is 1. The van der Waals surface area contributed by atoms with Crippen LogP contribution in [0.5, 0.6) is 0 Å². The molecule has 0 saturated carbocycles. The zero-order chi connectivity index (χ0) is 22.9. The molecule has 166 valence electrons. The Morgan fingerprint density at radius 1 is 1.06 bits per heavy atom. The number of hydrogen-bond acceptors (Lipinski definition) is 7. The number of rotatable bonds is 5. The van der Waals surface area contributed by atoms with Crippen LogP contribution in [0.3, 0.4) is 0 Å². The zero-order valence-electron chi connectivity index (χ0n) is 17.8. The molecular weight excluding hydrogens is 424 g/mol. The molecular formula is C23H20N6O4. The van der Waals surface area contributed by atoms with Gasteiger partial charge < -0.3 is 9.42 Å². The number of hydrogen-bond donors (Lipinski definition) is 0. The van der Waals surface area contributed by atoms with Crippen LogP contribution in [-0.4, -0.2) is 36.9 Å². The second-order valence-corrected chi connectivity index (χ2v) is 7.68. The van der Waals surface area contributed by atoms with Gasteiger partial charge in [-0.15, -0.1) is 0 Å². The van der Waals surface area contributed by atoms with Crippen molar-refractivity contribution in [3.05, 3.63) is 86.9 Å². The van der Waals surface area contributed by atoms with Gasteiger partial charge in [-0.2, -0.15) is 14.8 Å². The number of para-hydroxylation sites is 2. The summed E-state index contributed by atoms with van der Waals surface area (Å²) in [6.07, 6.45) is 1.24. The maximum Gasteiger partial charge on any atom is 0.351 e. The van der Waals surface area contributed by atoms with Crippen molar-refractivity contribution < 1.29 is 9.32 Å². The van der Waals surface area contributed by atoms with E-state index in [2.05, 4.69) is 15.2 Å². The Morgan fingerprint density at radius 3 is 2.64 bits per heavy atom. The predicted molar refractivity (Wildman–Crippen MR) is 119 cm³/mol. The Morgan fingerprint density at radius 2 is 1.82 bits per heavy atom. The molecule has 0 atom stereocenters. The maximum absolute atomic E-state index is 12.7. The van der Waals surface area contributed by atoms with Crippen LogP contribution in [0.15, 0.2) is 68.7 Å². The largest absolute Gasteiger partial charge is 0.351 e. The smallest absolute Gasteiger partial charge is 0.339 e. The van der Waals surface area contributed by atoms with Crippen molar-refractivity contribution in [3.8, 4) is 17.2 Å². The number of benzene rings is 2. The summed E-state index contributed by atoms with van der Waals surface area (Å²) in [6.45, 7) is 0.647. The molecule has 10 nitrogen and oxygen atoms in total. The Labute approximate surface area is 187 Å². The third-order valence-electron chi connectivity index (χ3n) is 5.60. The van der Waals surface area contributed by atoms with Gasteiger partial charge in [-0.05, 0) is 30.2 Å². The Balaban J connectivity index is 1.37. The Bertz CT molecular complexity index is 1450. The number of aryl methyl sites for hydroxylation is 1. The van der Waals surface area contributed by atoms with Crippen LogP contribution in [0.4, 0.5) is 5.69 Å². The number of aromatic nitrogens is 5. The molecule has 2 aromatic heterocycles. The first-order valence-electron chi connectivity index (χ1n) is 10.5. The first-order chi connectivity index (χ1) is 16.0. The Hall–Kier alpha value is -4.34. The summed E-state index contributed by atoms with van der Waals surface area (Å²) in [5, 5.41) is 8.04. The first-order valence-corrected chi connectivity index (χ1v) is 10.5. The molecule has 33 heavy (non-hydrogen) atoms. The summed E-state index contributed by atoms with van der Waals surface area (Å²) >= 11 is 0. The standard InChI is InChI=1S/C23H20N6O4/c1-27-22(31)20(25-29(23(27)32)16-8-3-2-4-9-16)21-24-18(33-26-21)11-12-19(30)28-14-13-15-7-5-6-10-17(15)28/h2-10H,11-14H2,1H3. The quantitative estimate of drug-likeness (QED) is 0.458. The molecule has 1 aliphatic heterocycles. The highest BCUT2D eigenvalue weighted by Crippen LogP contribution is 2.28. The minimum atomic E-state index is -0.635. The molecule has 3 heterocycles. The van der Waals surface area contributed by atoms with Crippen molar-refractivity contribution in [2.24, 2.45) is 7.05 Å². The van der Waals surface area contributed by atoms with E-state index in [9.17, 15) is 14.4 Å². The molecule has 10 heteroatoms. The van der Waals surface area contributed by atoms with Gasteiger partial charge in [-0.1, -0.05) is 41.6 Å². The van der Waals surface area contributed by atoms with Gasteiger partial charge in [0.05, 0.1) is 5.69 Å². The second kappa shape index (κ2) is 8.30. The summed E-state index contributed by atoms with van der Waals surface area (Å²) < 4.78 is 7.32. The second-order valence-electron chi connectivity index (χ2n) is 7.68. The topological polar surface area (TPSA) is 116 Å². The van der Waals surface area contributed by atoms with Crippen LogP contribution in [-0.2, 0) is 24.7 Å². The SMILES string of the molecule is Cn1c(=O)c(-c2noc(CCC(=O)N3CCc4ccccc43)n2)nn(-c2ccccc2)c1=O. The predicted octanol–water partition coefficient (Wildman–Crippen LogP) is 1.50. The zero-order valence-corrected chi connectivity index (χ0v) is 17.8. The van der Waals surface area contributed by atoms with E-state index < -0.39 is 11.2 Å². The van der Waals surface area contributed by atoms with Gasteiger partial charge in [0.1, 0.15) is 0 Å². The average molecular weight is 444 g/mol. The van der Waals surface area contributed by atoms with Gasteiger partial charge in [-0.3, -0.25) is 14.2 Å². The molecule has 0 N–H and O–H groups in total. The van der Waals surface area contributed by atoms with Crippen molar-refractivity contribution >= 4 is 11.6 Å². The summed E-state index contributed by atoms with van der Waals surface area (Å²) in [5.74, 6) is 0.146. The molecule has 4 aromatic rings. The van der Waals surface area contributed by atoms with E-state index in [1.165, 1.54) is 7.05 Å². The van der Waals surface area contributed by atoms with Gasteiger partial charge in [-0.25, -0.2) is 4.79 Å². The van der Waals surface area contributed by atoms with E-state index in [0.29, 0.717) is 12.2 Å². The molecule has 1 amide bonds. The normalized spacial score (nSPS) is 12.7. The van der Waals surface area contributed by atoms with E-state index in [0.717, 1.165) is 26.9 Å². The van der Waals surface area contributed by atoms with Crippen molar-refractivity contribution in [3.63, 3.8) is 0 Å². The third kappa shape index (κ3) is 3.75. The van der Waals surface area contributed by atoms with Gasteiger partial charge in [0.2, 0.25) is 17.6 Å². The summed E-state index contributed by atoms with van der Waals surface area (Å²) in [4.78, 5) is 43.9. The number of nitrogens with zero attached hydrogens (tertiary/aromatic N) is 6. The fraction of sp³-hybridized carbons (Fsp3) is 0.217. The number of carbonyl (C=O) groups excluding carboxylic acids is 1. The molecule has 2 aromatic carbocycles. The lowest BCUT2D eigenvalue weighted by molar-refractivity contribution is -0.118. The number of amides is 1. The molecule has 0 spiro atoms. The van der Waals surface area contributed by atoms with Crippen LogP contribution in [0, 0.1) is 0 Å². The van der Waals surface area contributed by atoms with E-state index in [1.54, 1.807) is 29.2 Å². The minimum Gasteiger partial charge on any atom is -0.339 e. The lowest BCUT2D eigenvalue weighted by Gasteiger charge is -2.16. The van der Waals surface area contributed by atoms with E-state index >= 15 is 0 Å². The lowest BCUT2D eigenvalue weighted by atomic mass is 10.2. The fourth-order valence-electron chi connectivity index (χ4n) is 3.85. The fourth-order valence-corrected chi connectivity index (χ4v) is 3.85. The molecule has 0 unspecified atom stereocenters. The van der Waals surface area contributed by atoms with Crippen molar-refractivity contribution in [1.29, 1.82) is 0 Å². The third-order valence-corrected chi connectivity index (χ3v) is 5.60. The molecule has 0 fully saturated rings. The van der Waals surface area contributed by atoms with E-state index in [1.807, 2.05) is 30.3 Å². The molecule has 0 saturated heterocycles. The van der Waals surface area contributed by atoms with Crippen LogP contribution in [0.1, 0.15) is 17.9 Å². The van der Waals surface area contributed by atoms with E-state index in [-0.39, 0.29) is 36.2 Å². The van der Waals surface area contributed by atoms with Crippen molar-refractivity contribution in [2.45, 2.75) is 19.3 Å². The number of carbonyl (C=O) groups is 1. The summed E-state index contributed by atoms with van der Waals surface area (Å²) in [6, 6.07) is 16.6. The highest BCUT2D eigenvalue weighted by Gasteiger charge is 2.25. The van der Waals surface area contributed by atoms with Crippen molar-refractivity contribution in [2.75, 3.05) is 11.4 Å². The van der Waals surface area contributed by atoms with Gasteiger partial charge in [0.15, 0.2) is 5.69 Å². The highest BCUT2D eigenvalue weighted by atomic mass is 16.5. The van der Waals surface area contributed by atoms with E-state index in [4.69, 9.17) is 4.52 Å². The average Bonchev–Trinajstić information content (AvgIpc) is 3.49. The van der Waals surface area contributed by atoms with Crippen LogP contribution in [0.2, 0.25) is 0 Å². The number of fused-ring (bicyclic) bond motifs is 1. The summed E-state index contributed by atoms with van der Waals surface area (Å²) in [5.41, 5.74) is 1.25.